The summed E-state index contributed by atoms with van der Waals surface area (Å²) in [6.07, 6.45) is 3.49. The van der Waals surface area contributed by atoms with Crippen LogP contribution in [0.1, 0.15) is 32.6 Å². The highest BCUT2D eigenvalue weighted by atomic mass is 16.5. The van der Waals surface area contributed by atoms with E-state index in [0.717, 1.165) is 36.3 Å². The van der Waals surface area contributed by atoms with Gasteiger partial charge in [0.15, 0.2) is 0 Å². The van der Waals surface area contributed by atoms with Crippen molar-refractivity contribution < 1.29 is 9.53 Å². The van der Waals surface area contributed by atoms with E-state index >= 15 is 0 Å². The van der Waals surface area contributed by atoms with Gasteiger partial charge in [-0.15, -0.1) is 0 Å². The van der Waals surface area contributed by atoms with E-state index < -0.39 is 0 Å². The molecule has 0 spiro atoms. The molecule has 0 radical (unpaired) electrons. The SMILES string of the molecule is CCCCCC(=O)Oc1ccc(N(c2ccccc2)c2ccccc2)cc1. The minimum Gasteiger partial charge on any atom is -0.427 e. The molecule has 3 heteroatoms. The highest BCUT2D eigenvalue weighted by molar-refractivity contribution is 5.77. The molecule has 0 N–H and O–H groups in total. The minimum atomic E-state index is -0.167. The fraction of sp³-hybridized carbons (Fsp3) is 0.208. The van der Waals surface area contributed by atoms with Gasteiger partial charge >= 0.3 is 5.97 Å². The summed E-state index contributed by atoms with van der Waals surface area (Å²) in [7, 11) is 0. The quantitative estimate of drug-likeness (QED) is 0.256. The lowest BCUT2D eigenvalue weighted by Crippen LogP contribution is -2.10. The minimum absolute atomic E-state index is 0.167. The van der Waals surface area contributed by atoms with E-state index in [1.807, 2.05) is 60.7 Å². The van der Waals surface area contributed by atoms with Gasteiger partial charge in [0.05, 0.1) is 0 Å². The number of carbonyl (C=O) groups excluding carboxylic acids is 1. The van der Waals surface area contributed by atoms with Gasteiger partial charge in [-0.3, -0.25) is 4.79 Å². The third kappa shape index (κ3) is 5.20. The molecule has 0 unspecified atom stereocenters. The maximum Gasteiger partial charge on any atom is 0.311 e. The highest BCUT2D eigenvalue weighted by Crippen LogP contribution is 2.34. The van der Waals surface area contributed by atoms with Crippen molar-refractivity contribution in [1.29, 1.82) is 0 Å². The zero-order valence-electron chi connectivity index (χ0n) is 15.7. The van der Waals surface area contributed by atoms with Crippen LogP contribution in [0, 0.1) is 0 Å². The first-order chi connectivity index (χ1) is 13.3. The summed E-state index contributed by atoms with van der Waals surface area (Å²) in [6, 6.07) is 28.1. The number of esters is 1. The van der Waals surface area contributed by atoms with Crippen LogP contribution in [0.3, 0.4) is 0 Å². The number of hydrogen-bond acceptors (Lipinski definition) is 3. The van der Waals surface area contributed by atoms with Crippen LogP contribution in [0.5, 0.6) is 5.75 Å². The summed E-state index contributed by atoms with van der Waals surface area (Å²) in [5, 5.41) is 0. The van der Waals surface area contributed by atoms with Crippen LogP contribution in [-0.2, 0) is 4.79 Å². The molecule has 3 aromatic carbocycles. The van der Waals surface area contributed by atoms with Crippen LogP contribution in [0.15, 0.2) is 84.9 Å². The Kier molecular flexibility index (Phi) is 6.64. The summed E-state index contributed by atoms with van der Waals surface area (Å²) >= 11 is 0. The molecular weight excluding hydrogens is 334 g/mol. The molecule has 0 bridgehead atoms. The number of nitrogens with zero attached hydrogens (tertiary/aromatic N) is 1. The van der Waals surface area contributed by atoms with Gasteiger partial charge in [0.25, 0.3) is 0 Å². The van der Waals surface area contributed by atoms with Crippen molar-refractivity contribution in [2.45, 2.75) is 32.6 Å². The second kappa shape index (κ2) is 9.58. The van der Waals surface area contributed by atoms with Crippen molar-refractivity contribution >= 4 is 23.0 Å². The van der Waals surface area contributed by atoms with E-state index in [0.29, 0.717) is 12.2 Å². The van der Waals surface area contributed by atoms with Crippen molar-refractivity contribution in [2.75, 3.05) is 4.90 Å². The molecule has 0 saturated carbocycles. The number of benzene rings is 3. The smallest absolute Gasteiger partial charge is 0.311 e. The Labute approximate surface area is 161 Å². The van der Waals surface area contributed by atoms with Crippen molar-refractivity contribution in [1.82, 2.24) is 0 Å². The Balaban J connectivity index is 1.79. The number of ether oxygens (including phenoxy) is 1. The zero-order chi connectivity index (χ0) is 18.9. The second-order valence-corrected chi connectivity index (χ2v) is 6.43. The van der Waals surface area contributed by atoms with Crippen LogP contribution in [0.25, 0.3) is 0 Å². The molecule has 0 fully saturated rings. The zero-order valence-corrected chi connectivity index (χ0v) is 15.7. The first-order valence-electron chi connectivity index (χ1n) is 9.49. The summed E-state index contributed by atoms with van der Waals surface area (Å²) in [4.78, 5) is 14.1. The third-order valence-electron chi connectivity index (χ3n) is 4.34. The lowest BCUT2D eigenvalue weighted by Gasteiger charge is -2.25. The van der Waals surface area contributed by atoms with Crippen molar-refractivity contribution in [3.63, 3.8) is 0 Å². The van der Waals surface area contributed by atoms with E-state index in [2.05, 4.69) is 36.1 Å². The number of anilines is 3. The average Bonchev–Trinajstić information content (AvgIpc) is 2.71. The molecule has 138 valence electrons. The monoisotopic (exact) mass is 359 g/mol. The number of rotatable bonds is 8. The van der Waals surface area contributed by atoms with Crippen LogP contribution in [-0.4, -0.2) is 5.97 Å². The molecule has 0 aliphatic carbocycles. The third-order valence-corrected chi connectivity index (χ3v) is 4.34. The van der Waals surface area contributed by atoms with Crippen molar-refractivity contribution in [2.24, 2.45) is 0 Å². The lowest BCUT2D eigenvalue weighted by atomic mass is 10.2. The van der Waals surface area contributed by atoms with Gasteiger partial charge in [-0.1, -0.05) is 56.2 Å². The normalized spacial score (nSPS) is 10.4. The Morgan fingerprint density at radius 2 is 1.26 bits per heavy atom. The van der Waals surface area contributed by atoms with E-state index in [9.17, 15) is 4.79 Å². The molecule has 0 aromatic heterocycles. The van der Waals surface area contributed by atoms with E-state index in [4.69, 9.17) is 4.74 Å². The summed E-state index contributed by atoms with van der Waals surface area (Å²) in [5.41, 5.74) is 3.17. The molecule has 0 heterocycles. The van der Waals surface area contributed by atoms with Gasteiger partial charge in [-0.2, -0.15) is 0 Å². The predicted octanol–water partition coefficient (Wildman–Crippen LogP) is 6.64. The molecular formula is C24H25NO2. The predicted molar refractivity (Wildman–Crippen MR) is 111 cm³/mol. The first-order valence-corrected chi connectivity index (χ1v) is 9.49. The number of carbonyl (C=O) groups is 1. The molecule has 3 nitrogen and oxygen atoms in total. The number of para-hydroxylation sites is 2. The van der Waals surface area contributed by atoms with E-state index in [1.54, 1.807) is 0 Å². The topological polar surface area (TPSA) is 29.5 Å². The fourth-order valence-corrected chi connectivity index (χ4v) is 2.97. The second-order valence-electron chi connectivity index (χ2n) is 6.43. The molecule has 0 saturated heterocycles. The van der Waals surface area contributed by atoms with Gasteiger partial charge in [0.2, 0.25) is 0 Å². The number of unbranched alkanes of at least 4 members (excludes halogenated alkanes) is 2. The van der Waals surface area contributed by atoms with Gasteiger partial charge in [0.1, 0.15) is 5.75 Å². The van der Waals surface area contributed by atoms with Gasteiger partial charge in [-0.05, 0) is 55.0 Å². The van der Waals surface area contributed by atoms with Crippen LogP contribution in [0.4, 0.5) is 17.1 Å². The standard InChI is InChI=1S/C24H25NO2/c1-2-3-6-15-24(26)27-23-18-16-22(17-19-23)25(20-11-7-4-8-12-20)21-13-9-5-10-14-21/h4-5,7-14,16-19H,2-3,6,15H2,1H3. The molecule has 0 aliphatic heterocycles. The summed E-state index contributed by atoms with van der Waals surface area (Å²) < 4.78 is 5.45. The molecule has 0 atom stereocenters. The van der Waals surface area contributed by atoms with Crippen LogP contribution in [0.2, 0.25) is 0 Å². The van der Waals surface area contributed by atoms with E-state index in [-0.39, 0.29) is 5.97 Å². The number of hydrogen-bond donors (Lipinski definition) is 0. The van der Waals surface area contributed by atoms with Gasteiger partial charge in [-0.25, -0.2) is 0 Å². The fourth-order valence-electron chi connectivity index (χ4n) is 2.97. The Hall–Kier alpha value is -3.07. The largest absolute Gasteiger partial charge is 0.427 e. The van der Waals surface area contributed by atoms with Gasteiger partial charge < -0.3 is 9.64 Å². The molecule has 27 heavy (non-hydrogen) atoms. The molecule has 0 amide bonds. The molecule has 3 rings (SSSR count). The Morgan fingerprint density at radius 1 is 0.741 bits per heavy atom. The Bertz CT molecular complexity index is 790. The van der Waals surface area contributed by atoms with Crippen LogP contribution >= 0.6 is 0 Å². The average molecular weight is 359 g/mol. The van der Waals surface area contributed by atoms with Crippen molar-refractivity contribution in [3.05, 3.63) is 84.9 Å². The highest BCUT2D eigenvalue weighted by Gasteiger charge is 2.12. The molecule has 3 aromatic rings. The first kappa shape index (κ1) is 18.7. The lowest BCUT2D eigenvalue weighted by molar-refractivity contribution is -0.134. The molecule has 0 aliphatic rings. The summed E-state index contributed by atoms with van der Waals surface area (Å²) in [6.45, 7) is 2.12. The summed E-state index contributed by atoms with van der Waals surface area (Å²) in [5.74, 6) is 0.417. The Morgan fingerprint density at radius 3 is 1.78 bits per heavy atom. The van der Waals surface area contributed by atoms with Gasteiger partial charge in [0, 0.05) is 23.5 Å². The maximum atomic E-state index is 11.9. The van der Waals surface area contributed by atoms with E-state index in [1.165, 1.54) is 0 Å². The van der Waals surface area contributed by atoms with Crippen LogP contribution < -0.4 is 9.64 Å². The van der Waals surface area contributed by atoms with Crippen molar-refractivity contribution in [3.8, 4) is 5.75 Å². The maximum absolute atomic E-state index is 11.9.